The van der Waals surface area contributed by atoms with Crippen LogP contribution in [0, 0.1) is 0 Å². The van der Waals surface area contributed by atoms with Crippen LogP contribution in [0.25, 0.3) is 21.7 Å². The maximum atomic E-state index is 12.6. The Morgan fingerprint density at radius 1 is 0.818 bits per heavy atom. The second-order valence-electron chi connectivity index (χ2n) is 7.56. The molecule has 5 nitrogen and oxygen atoms in total. The van der Waals surface area contributed by atoms with E-state index in [-0.39, 0.29) is 5.91 Å². The fourth-order valence-corrected chi connectivity index (χ4v) is 3.68. The number of nitrogens with one attached hydrogen (secondary N) is 1. The Balaban J connectivity index is 1.39. The molecule has 0 atom stereocenters. The third-order valence-electron chi connectivity index (χ3n) is 5.36. The van der Waals surface area contributed by atoms with Crippen LogP contribution in [-0.4, -0.2) is 17.1 Å². The lowest BCUT2D eigenvalue weighted by molar-refractivity contribution is 0.0950. The van der Waals surface area contributed by atoms with Gasteiger partial charge in [-0.3, -0.25) is 4.79 Å². The highest BCUT2D eigenvalue weighted by atomic mass is 16.5. The average Bonchev–Trinajstić information content (AvgIpc) is 2.88. The number of hydrazone groups is 1. The summed E-state index contributed by atoms with van der Waals surface area (Å²) in [5.74, 6) is 0.323. The molecule has 0 spiro atoms. The SMILES string of the molecule is O=C(NN=Cc1c(OCc2ccccc2)ccc2ccccc12)c1ccc2ccccc2n1. The van der Waals surface area contributed by atoms with Gasteiger partial charge in [0.15, 0.2) is 0 Å². The third-order valence-corrected chi connectivity index (χ3v) is 5.36. The van der Waals surface area contributed by atoms with E-state index in [1.54, 1.807) is 12.3 Å². The summed E-state index contributed by atoms with van der Waals surface area (Å²) in [5, 5.41) is 7.25. The molecule has 1 amide bonds. The first-order valence-corrected chi connectivity index (χ1v) is 10.7. The van der Waals surface area contributed by atoms with Gasteiger partial charge in [-0.25, -0.2) is 10.4 Å². The van der Waals surface area contributed by atoms with Crippen molar-refractivity contribution in [1.82, 2.24) is 10.4 Å². The van der Waals surface area contributed by atoms with Crippen molar-refractivity contribution in [2.75, 3.05) is 0 Å². The predicted molar refractivity (Wildman–Crippen MR) is 132 cm³/mol. The molecule has 5 heteroatoms. The minimum absolute atomic E-state index is 0.310. The van der Waals surface area contributed by atoms with Crippen molar-refractivity contribution >= 4 is 33.8 Å². The molecule has 4 aromatic carbocycles. The molecule has 33 heavy (non-hydrogen) atoms. The number of carbonyl (C=O) groups excluding carboxylic acids is 1. The summed E-state index contributed by atoms with van der Waals surface area (Å²) in [6, 6.07) is 33.2. The number of benzene rings is 4. The Labute approximate surface area is 191 Å². The van der Waals surface area contributed by atoms with Gasteiger partial charge in [0.25, 0.3) is 5.91 Å². The highest BCUT2D eigenvalue weighted by Crippen LogP contribution is 2.27. The second-order valence-corrected chi connectivity index (χ2v) is 7.56. The number of amides is 1. The van der Waals surface area contributed by atoms with Crippen molar-refractivity contribution in [2.45, 2.75) is 6.61 Å². The number of fused-ring (bicyclic) bond motifs is 2. The van der Waals surface area contributed by atoms with Crippen molar-refractivity contribution in [3.05, 3.63) is 120 Å². The summed E-state index contributed by atoms with van der Waals surface area (Å²) in [5.41, 5.74) is 5.54. The maximum absolute atomic E-state index is 12.6. The summed E-state index contributed by atoms with van der Waals surface area (Å²) in [7, 11) is 0. The molecule has 0 aliphatic rings. The van der Waals surface area contributed by atoms with Crippen LogP contribution in [-0.2, 0) is 6.61 Å². The van der Waals surface area contributed by atoms with Crippen LogP contribution in [0.5, 0.6) is 5.75 Å². The summed E-state index contributed by atoms with van der Waals surface area (Å²) in [6.07, 6.45) is 1.63. The molecule has 5 rings (SSSR count). The molecule has 0 aliphatic heterocycles. The molecule has 0 bridgehead atoms. The highest BCUT2D eigenvalue weighted by molar-refractivity contribution is 6.03. The number of para-hydroxylation sites is 1. The van der Waals surface area contributed by atoms with Gasteiger partial charge in [-0.15, -0.1) is 0 Å². The van der Waals surface area contributed by atoms with E-state index >= 15 is 0 Å². The monoisotopic (exact) mass is 431 g/mol. The number of nitrogens with zero attached hydrogens (tertiary/aromatic N) is 2. The van der Waals surface area contributed by atoms with Crippen molar-refractivity contribution in [1.29, 1.82) is 0 Å². The molecule has 160 valence electrons. The Morgan fingerprint density at radius 3 is 2.42 bits per heavy atom. The Hall–Kier alpha value is -4.51. The maximum Gasteiger partial charge on any atom is 0.289 e. The Kier molecular flexibility index (Phi) is 5.76. The number of aromatic nitrogens is 1. The number of hydrogen-bond acceptors (Lipinski definition) is 4. The van der Waals surface area contributed by atoms with E-state index in [9.17, 15) is 4.79 Å². The van der Waals surface area contributed by atoms with Gasteiger partial charge in [-0.1, -0.05) is 84.9 Å². The fourth-order valence-electron chi connectivity index (χ4n) is 3.68. The zero-order chi connectivity index (χ0) is 22.5. The van der Waals surface area contributed by atoms with Crippen LogP contribution in [0.2, 0.25) is 0 Å². The van der Waals surface area contributed by atoms with Crippen molar-refractivity contribution < 1.29 is 9.53 Å². The molecule has 0 aliphatic carbocycles. The molecule has 0 saturated carbocycles. The van der Waals surface area contributed by atoms with Gasteiger partial charge in [-0.2, -0.15) is 5.10 Å². The smallest absolute Gasteiger partial charge is 0.289 e. The van der Waals surface area contributed by atoms with Crippen molar-refractivity contribution in [3.8, 4) is 5.75 Å². The quantitative estimate of drug-likeness (QED) is 0.276. The van der Waals surface area contributed by atoms with Gasteiger partial charge in [0.2, 0.25) is 0 Å². The molecular formula is C28H21N3O2. The Bertz CT molecular complexity index is 1460. The standard InChI is InChI=1S/C28H21N3O2/c32-28(26-16-14-22-11-5-7-13-25(22)30-26)31-29-18-24-23-12-6-4-10-21(23)15-17-27(24)33-19-20-8-2-1-3-9-20/h1-18H,19H2,(H,31,32). The summed E-state index contributed by atoms with van der Waals surface area (Å²) in [4.78, 5) is 17.0. The van der Waals surface area contributed by atoms with Crippen LogP contribution in [0.3, 0.4) is 0 Å². The van der Waals surface area contributed by atoms with Gasteiger partial charge in [0.1, 0.15) is 18.1 Å². The molecule has 0 unspecified atom stereocenters. The van der Waals surface area contributed by atoms with Gasteiger partial charge >= 0.3 is 0 Å². The van der Waals surface area contributed by atoms with Crippen LogP contribution in [0.15, 0.2) is 108 Å². The molecule has 1 aromatic heterocycles. The van der Waals surface area contributed by atoms with Gasteiger partial charge < -0.3 is 4.74 Å². The third kappa shape index (κ3) is 4.57. The van der Waals surface area contributed by atoms with Gasteiger partial charge in [0.05, 0.1) is 11.7 Å². The Morgan fingerprint density at radius 2 is 1.55 bits per heavy atom. The van der Waals surface area contributed by atoms with Crippen molar-refractivity contribution in [2.24, 2.45) is 5.10 Å². The van der Waals surface area contributed by atoms with Crippen LogP contribution >= 0.6 is 0 Å². The lowest BCUT2D eigenvalue weighted by Crippen LogP contribution is -2.19. The minimum Gasteiger partial charge on any atom is -0.488 e. The number of ether oxygens (including phenoxy) is 1. The first-order valence-electron chi connectivity index (χ1n) is 10.7. The van der Waals surface area contributed by atoms with E-state index in [1.807, 2.05) is 97.1 Å². The minimum atomic E-state index is -0.371. The molecule has 0 saturated heterocycles. The molecule has 0 radical (unpaired) electrons. The van der Waals surface area contributed by atoms with E-state index in [0.29, 0.717) is 18.1 Å². The summed E-state index contributed by atoms with van der Waals surface area (Å²) >= 11 is 0. The first kappa shape index (κ1) is 20.4. The lowest BCUT2D eigenvalue weighted by atomic mass is 10.0. The topological polar surface area (TPSA) is 63.6 Å². The fraction of sp³-hybridized carbons (Fsp3) is 0.0357. The van der Waals surface area contributed by atoms with E-state index in [0.717, 1.165) is 32.8 Å². The lowest BCUT2D eigenvalue weighted by Gasteiger charge is -2.12. The predicted octanol–water partition coefficient (Wildman–Crippen LogP) is 5.73. The molecule has 1 N–H and O–H groups in total. The van der Waals surface area contributed by atoms with E-state index < -0.39 is 0 Å². The van der Waals surface area contributed by atoms with Gasteiger partial charge in [0, 0.05) is 10.9 Å². The van der Waals surface area contributed by atoms with Crippen LogP contribution < -0.4 is 10.2 Å². The number of rotatable bonds is 6. The zero-order valence-electron chi connectivity index (χ0n) is 17.8. The number of hydrogen-bond donors (Lipinski definition) is 1. The molecular weight excluding hydrogens is 410 g/mol. The van der Waals surface area contributed by atoms with E-state index in [1.165, 1.54) is 0 Å². The van der Waals surface area contributed by atoms with E-state index in [4.69, 9.17) is 4.74 Å². The normalized spacial score (nSPS) is 11.2. The average molecular weight is 431 g/mol. The number of pyridine rings is 1. The second kappa shape index (κ2) is 9.32. The molecule has 0 fully saturated rings. The van der Waals surface area contributed by atoms with Crippen molar-refractivity contribution in [3.63, 3.8) is 0 Å². The number of carbonyl (C=O) groups is 1. The largest absolute Gasteiger partial charge is 0.488 e. The zero-order valence-corrected chi connectivity index (χ0v) is 17.8. The first-order chi connectivity index (χ1) is 16.3. The molecule has 1 heterocycles. The van der Waals surface area contributed by atoms with Crippen LogP contribution in [0.4, 0.5) is 0 Å². The summed E-state index contributed by atoms with van der Waals surface area (Å²) in [6.45, 7) is 0.438. The molecule has 5 aromatic rings. The van der Waals surface area contributed by atoms with E-state index in [2.05, 4.69) is 15.5 Å². The van der Waals surface area contributed by atoms with Crippen LogP contribution in [0.1, 0.15) is 21.6 Å². The highest BCUT2D eigenvalue weighted by Gasteiger charge is 2.10. The van der Waals surface area contributed by atoms with Gasteiger partial charge in [-0.05, 0) is 34.5 Å². The summed E-state index contributed by atoms with van der Waals surface area (Å²) < 4.78 is 6.11.